The van der Waals surface area contributed by atoms with Crippen LogP contribution in [0.15, 0.2) is 33.7 Å². The Labute approximate surface area is 164 Å². The molecule has 150 valence electrons. The molecule has 10 heteroatoms. The smallest absolute Gasteiger partial charge is 0.351 e. The van der Waals surface area contributed by atoms with Crippen molar-refractivity contribution in [3.8, 4) is 11.3 Å². The van der Waals surface area contributed by atoms with Crippen molar-refractivity contribution in [3.63, 3.8) is 0 Å². The maximum absolute atomic E-state index is 13.1. The minimum absolute atomic E-state index is 0.101. The van der Waals surface area contributed by atoms with Gasteiger partial charge >= 0.3 is 6.18 Å². The summed E-state index contributed by atoms with van der Waals surface area (Å²) in [6.07, 6.45) is -4.71. The van der Waals surface area contributed by atoms with E-state index in [2.05, 4.69) is 14.4 Å². The van der Waals surface area contributed by atoms with E-state index in [0.717, 1.165) is 11.1 Å². The van der Waals surface area contributed by atoms with Crippen LogP contribution in [0.5, 0.6) is 0 Å². The van der Waals surface area contributed by atoms with E-state index in [4.69, 9.17) is 0 Å². The van der Waals surface area contributed by atoms with Gasteiger partial charge in [0.25, 0.3) is 10.0 Å². The highest BCUT2D eigenvalue weighted by Crippen LogP contribution is 2.41. The summed E-state index contributed by atoms with van der Waals surface area (Å²) < 4.78 is 71.6. The van der Waals surface area contributed by atoms with Crippen LogP contribution in [0.2, 0.25) is 0 Å². The van der Waals surface area contributed by atoms with Gasteiger partial charge in [0.15, 0.2) is 0 Å². The van der Waals surface area contributed by atoms with Crippen LogP contribution >= 0.6 is 11.3 Å². The molecule has 0 radical (unpaired) electrons. The zero-order valence-electron chi connectivity index (χ0n) is 15.4. The van der Waals surface area contributed by atoms with Crippen LogP contribution in [0.3, 0.4) is 0 Å². The van der Waals surface area contributed by atoms with Crippen LogP contribution < -0.4 is 4.72 Å². The first-order chi connectivity index (χ1) is 12.9. The summed E-state index contributed by atoms with van der Waals surface area (Å²) in [5.41, 5.74) is 2.07. The van der Waals surface area contributed by atoms with Crippen LogP contribution in [0.25, 0.3) is 11.3 Å². The molecule has 0 atom stereocenters. The van der Waals surface area contributed by atoms with E-state index in [1.807, 2.05) is 19.9 Å². The van der Waals surface area contributed by atoms with Crippen LogP contribution in [-0.2, 0) is 16.2 Å². The van der Waals surface area contributed by atoms with Crippen molar-refractivity contribution in [2.24, 2.45) is 0 Å². The molecule has 2 aromatic heterocycles. The summed E-state index contributed by atoms with van der Waals surface area (Å²) in [4.78, 5) is 0.873. The van der Waals surface area contributed by atoms with Gasteiger partial charge in [-0.1, -0.05) is 11.2 Å². The standard InChI is InChI=1S/C18H17F3N2O3S2/c1-9-5-10(2)7-13(6-9)23-28(24,25)17-12(4)27-11(3)16(17)14-8-15(26-22-14)18(19,20)21/h5-8,23H,1-4H3. The molecule has 2 heterocycles. The number of benzene rings is 1. The molecule has 0 fully saturated rings. The highest BCUT2D eigenvalue weighted by Gasteiger charge is 2.37. The molecule has 5 nitrogen and oxygen atoms in total. The molecule has 1 aromatic carbocycles. The highest BCUT2D eigenvalue weighted by atomic mass is 32.2. The molecule has 0 bridgehead atoms. The van der Waals surface area contributed by atoms with Gasteiger partial charge in [0, 0.05) is 27.1 Å². The second kappa shape index (κ2) is 6.93. The number of rotatable bonds is 4. The number of sulfonamides is 1. The second-order valence-electron chi connectivity index (χ2n) is 6.47. The molecular formula is C18H17F3N2O3S2. The zero-order valence-corrected chi connectivity index (χ0v) is 17.1. The Bertz CT molecular complexity index is 1130. The van der Waals surface area contributed by atoms with Crippen molar-refractivity contribution >= 4 is 27.0 Å². The first-order valence-electron chi connectivity index (χ1n) is 8.14. The van der Waals surface area contributed by atoms with Gasteiger partial charge < -0.3 is 4.52 Å². The number of alkyl halides is 3. The third-order valence-electron chi connectivity index (χ3n) is 3.99. The van der Waals surface area contributed by atoms with E-state index in [0.29, 0.717) is 21.5 Å². The molecule has 0 spiro atoms. The molecule has 0 amide bonds. The number of hydrogen-bond acceptors (Lipinski definition) is 5. The van der Waals surface area contributed by atoms with Gasteiger partial charge in [0.1, 0.15) is 10.6 Å². The monoisotopic (exact) mass is 430 g/mol. The lowest BCUT2D eigenvalue weighted by molar-refractivity contribution is -0.155. The molecule has 0 aliphatic rings. The number of aromatic nitrogens is 1. The minimum atomic E-state index is -4.71. The molecule has 28 heavy (non-hydrogen) atoms. The fourth-order valence-electron chi connectivity index (χ4n) is 3.05. The van der Waals surface area contributed by atoms with E-state index in [9.17, 15) is 21.6 Å². The molecular weight excluding hydrogens is 413 g/mol. The molecule has 3 rings (SSSR count). The van der Waals surface area contributed by atoms with E-state index in [-0.39, 0.29) is 16.2 Å². The van der Waals surface area contributed by atoms with E-state index >= 15 is 0 Å². The van der Waals surface area contributed by atoms with Gasteiger partial charge in [-0.25, -0.2) is 8.42 Å². The maximum atomic E-state index is 13.1. The van der Waals surface area contributed by atoms with Crippen molar-refractivity contribution in [1.29, 1.82) is 0 Å². The molecule has 1 N–H and O–H groups in total. The predicted molar refractivity (Wildman–Crippen MR) is 101 cm³/mol. The van der Waals surface area contributed by atoms with Crippen molar-refractivity contribution in [3.05, 3.63) is 50.9 Å². The number of thiophene rings is 1. The first kappa shape index (κ1) is 20.4. The highest BCUT2D eigenvalue weighted by molar-refractivity contribution is 7.93. The van der Waals surface area contributed by atoms with Gasteiger partial charge in [0.05, 0.1) is 0 Å². The second-order valence-corrected chi connectivity index (χ2v) is 9.52. The normalized spacial score (nSPS) is 12.4. The number of hydrogen-bond donors (Lipinski definition) is 1. The minimum Gasteiger partial charge on any atom is -0.351 e. The van der Waals surface area contributed by atoms with Crippen LogP contribution in [-0.4, -0.2) is 13.6 Å². The topological polar surface area (TPSA) is 72.2 Å². The quantitative estimate of drug-likeness (QED) is 0.597. The molecule has 0 saturated carbocycles. The maximum Gasteiger partial charge on any atom is 0.452 e. The van der Waals surface area contributed by atoms with Crippen molar-refractivity contribution < 1.29 is 26.1 Å². The molecule has 0 aliphatic heterocycles. The number of nitrogens with one attached hydrogen (secondary N) is 1. The number of anilines is 1. The third kappa shape index (κ3) is 3.93. The molecule has 3 aromatic rings. The first-order valence-corrected chi connectivity index (χ1v) is 10.4. The Morgan fingerprint density at radius 2 is 1.61 bits per heavy atom. The van der Waals surface area contributed by atoms with E-state index in [1.165, 1.54) is 11.3 Å². The predicted octanol–water partition coefficient (Wildman–Crippen LogP) is 5.46. The van der Waals surface area contributed by atoms with Crippen molar-refractivity contribution in [1.82, 2.24) is 5.16 Å². The van der Waals surface area contributed by atoms with E-state index < -0.39 is 22.0 Å². The summed E-state index contributed by atoms with van der Waals surface area (Å²) in [5.74, 6) is -1.28. The average molecular weight is 430 g/mol. The molecule has 0 saturated heterocycles. The summed E-state index contributed by atoms with van der Waals surface area (Å²) in [6, 6.07) is 5.97. The SMILES string of the molecule is Cc1cc(C)cc(NS(=O)(=O)c2c(C)sc(C)c2-c2cc(C(F)(F)F)on2)c1. The largest absolute Gasteiger partial charge is 0.452 e. The Balaban J connectivity index is 2.10. The number of nitrogens with zero attached hydrogens (tertiary/aromatic N) is 1. The van der Waals surface area contributed by atoms with Crippen molar-refractivity contribution in [2.75, 3.05) is 4.72 Å². The van der Waals surface area contributed by atoms with Gasteiger partial charge in [-0.05, 0) is 51.0 Å². The summed E-state index contributed by atoms with van der Waals surface area (Å²) >= 11 is 1.17. The van der Waals surface area contributed by atoms with Crippen molar-refractivity contribution in [2.45, 2.75) is 38.8 Å². The lowest BCUT2D eigenvalue weighted by Crippen LogP contribution is -2.14. The lowest BCUT2D eigenvalue weighted by Gasteiger charge is -2.11. The van der Waals surface area contributed by atoms with Crippen LogP contribution in [0.1, 0.15) is 26.6 Å². The third-order valence-corrected chi connectivity index (χ3v) is 6.70. The Morgan fingerprint density at radius 3 is 2.14 bits per heavy atom. The number of aryl methyl sites for hydroxylation is 4. The summed E-state index contributed by atoms with van der Waals surface area (Å²) in [5, 5.41) is 3.46. The van der Waals surface area contributed by atoms with Gasteiger partial charge in [-0.3, -0.25) is 4.72 Å². The lowest BCUT2D eigenvalue weighted by atomic mass is 10.1. The van der Waals surface area contributed by atoms with Gasteiger partial charge in [0.2, 0.25) is 5.76 Å². The number of halogens is 3. The van der Waals surface area contributed by atoms with Gasteiger partial charge in [-0.15, -0.1) is 11.3 Å². The van der Waals surface area contributed by atoms with Crippen LogP contribution in [0, 0.1) is 27.7 Å². The summed E-state index contributed by atoms with van der Waals surface area (Å²) in [6.45, 7) is 6.90. The van der Waals surface area contributed by atoms with Crippen LogP contribution in [0.4, 0.5) is 18.9 Å². The Morgan fingerprint density at radius 1 is 1.00 bits per heavy atom. The fourth-order valence-corrected chi connectivity index (χ4v) is 5.97. The Hall–Kier alpha value is -2.33. The zero-order chi connectivity index (χ0) is 20.9. The fraction of sp³-hybridized carbons (Fsp3) is 0.278. The molecule has 0 aliphatic carbocycles. The molecule has 0 unspecified atom stereocenters. The average Bonchev–Trinajstić information content (AvgIpc) is 3.09. The summed E-state index contributed by atoms with van der Waals surface area (Å²) in [7, 11) is -4.06. The van der Waals surface area contributed by atoms with Gasteiger partial charge in [-0.2, -0.15) is 13.2 Å². The van der Waals surface area contributed by atoms with E-state index in [1.54, 1.807) is 26.0 Å². The Kier molecular flexibility index (Phi) is 5.05.